The van der Waals surface area contributed by atoms with Crippen LogP contribution in [0.2, 0.25) is 0 Å². The maximum absolute atomic E-state index is 12.2. The fraction of sp³-hybridized carbons (Fsp3) is 0.278. The lowest BCUT2D eigenvalue weighted by molar-refractivity contribution is -0.117. The highest BCUT2D eigenvalue weighted by atomic mass is 32.1. The molecule has 25 heavy (non-hydrogen) atoms. The lowest BCUT2D eigenvalue weighted by Gasteiger charge is -2.15. The van der Waals surface area contributed by atoms with E-state index in [1.165, 1.54) is 11.3 Å². The quantitative estimate of drug-likeness (QED) is 0.738. The average Bonchev–Trinajstić information content (AvgIpc) is 3.17. The second kappa shape index (κ2) is 7.58. The molecule has 0 spiro atoms. The van der Waals surface area contributed by atoms with Gasteiger partial charge in [0.05, 0.1) is 18.4 Å². The van der Waals surface area contributed by atoms with Gasteiger partial charge in [0.2, 0.25) is 5.91 Å². The summed E-state index contributed by atoms with van der Waals surface area (Å²) in [5.41, 5.74) is 4.15. The minimum absolute atomic E-state index is 0.0713. The first-order chi connectivity index (χ1) is 12.0. The summed E-state index contributed by atoms with van der Waals surface area (Å²) in [4.78, 5) is 18.7. The van der Waals surface area contributed by atoms with Crippen LogP contribution < -0.4 is 5.32 Å². The van der Waals surface area contributed by atoms with Gasteiger partial charge >= 0.3 is 0 Å². The van der Waals surface area contributed by atoms with Crippen molar-refractivity contribution in [1.82, 2.24) is 19.7 Å². The highest BCUT2D eigenvalue weighted by Crippen LogP contribution is 2.24. The Morgan fingerprint density at radius 2 is 2.08 bits per heavy atom. The van der Waals surface area contributed by atoms with Crippen LogP contribution in [0, 0.1) is 6.92 Å². The number of aryl methyl sites for hydroxylation is 1. The van der Waals surface area contributed by atoms with E-state index in [4.69, 9.17) is 0 Å². The number of amides is 1. The van der Waals surface area contributed by atoms with E-state index in [0.717, 1.165) is 22.5 Å². The molecule has 1 N–H and O–H groups in total. The Morgan fingerprint density at radius 1 is 1.32 bits per heavy atom. The summed E-state index contributed by atoms with van der Waals surface area (Å²) in [7, 11) is 3.83. The third kappa shape index (κ3) is 4.32. The molecule has 0 saturated carbocycles. The third-order valence-corrected chi connectivity index (χ3v) is 4.77. The summed E-state index contributed by atoms with van der Waals surface area (Å²) in [6.07, 6.45) is 1.84. The Balaban J connectivity index is 1.56. The van der Waals surface area contributed by atoms with E-state index in [0.29, 0.717) is 18.2 Å². The number of rotatable bonds is 6. The Hall–Kier alpha value is -2.51. The maximum Gasteiger partial charge on any atom is 0.240 e. The second-order valence-corrected chi connectivity index (χ2v) is 6.86. The van der Waals surface area contributed by atoms with E-state index in [1.807, 2.05) is 72.5 Å². The zero-order valence-electron chi connectivity index (χ0n) is 14.6. The highest BCUT2D eigenvalue weighted by Gasteiger charge is 2.12. The number of carbonyl (C=O) groups excluding carboxylic acids is 1. The minimum Gasteiger partial charge on any atom is -0.301 e. The van der Waals surface area contributed by atoms with Gasteiger partial charge in [0.15, 0.2) is 5.13 Å². The lowest BCUT2D eigenvalue weighted by Crippen LogP contribution is -2.29. The lowest BCUT2D eigenvalue weighted by atomic mass is 10.2. The second-order valence-electron chi connectivity index (χ2n) is 6.00. The van der Waals surface area contributed by atoms with Crippen LogP contribution in [0.25, 0.3) is 11.3 Å². The van der Waals surface area contributed by atoms with E-state index < -0.39 is 0 Å². The van der Waals surface area contributed by atoms with Crippen molar-refractivity contribution in [3.63, 3.8) is 0 Å². The Morgan fingerprint density at radius 3 is 2.76 bits per heavy atom. The molecular weight excluding hydrogens is 334 g/mol. The van der Waals surface area contributed by atoms with Crippen molar-refractivity contribution >= 4 is 22.4 Å². The monoisotopic (exact) mass is 355 g/mol. The molecule has 1 aromatic carbocycles. The van der Waals surface area contributed by atoms with Gasteiger partial charge in [0, 0.05) is 35.8 Å². The van der Waals surface area contributed by atoms with E-state index in [9.17, 15) is 4.79 Å². The van der Waals surface area contributed by atoms with E-state index >= 15 is 0 Å². The molecule has 0 bridgehead atoms. The number of likely N-dealkylation sites (N-methyl/N-ethyl adjacent to an activating group) is 1. The summed E-state index contributed by atoms with van der Waals surface area (Å²) in [6, 6.07) is 9.93. The van der Waals surface area contributed by atoms with Crippen LogP contribution >= 0.6 is 11.3 Å². The molecule has 0 unspecified atom stereocenters. The number of thiazole rings is 1. The molecular formula is C18H21N5OS. The first-order valence-corrected chi connectivity index (χ1v) is 8.87. The molecule has 3 rings (SSSR count). The van der Waals surface area contributed by atoms with Gasteiger partial charge in [0.1, 0.15) is 0 Å². The van der Waals surface area contributed by atoms with E-state index in [2.05, 4.69) is 15.4 Å². The SMILES string of the molecule is Cc1c(CN(C)CC(=O)Nc2nc(-c3ccccc3)cs2)cnn1C. The van der Waals surface area contributed by atoms with Crippen molar-refractivity contribution in [2.45, 2.75) is 13.5 Å². The van der Waals surface area contributed by atoms with Crippen LogP contribution in [-0.4, -0.2) is 39.2 Å². The van der Waals surface area contributed by atoms with Gasteiger partial charge in [-0.05, 0) is 14.0 Å². The topological polar surface area (TPSA) is 63.1 Å². The number of aromatic nitrogens is 3. The molecule has 0 aliphatic carbocycles. The normalized spacial score (nSPS) is 11.0. The van der Waals surface area contributed by atoms with Crippen molar-refractivity contribution in [3.8, 4) is 11.3 Å². The molecule has 0 aliphatic rings. The fourth-order valence-electron chi connectivity index (χ4n) is 2.52. The Kier molecular flexibility index (Phi) is 5.25. The van der Waals surface area contributed by atoms with E-state index in [1.54, 1.807) is 0 Å². The van der Waals surface area contributed by atoms with Crippen LogP contribution in [0.15, 0.2) is 41.9 Å². The average molecular weight is 355 g/mol. The molecule has 0 saturated heterocycles. The van der Waals surface area contributed by atoms with Crippen LogP contribution in [0.5, 0.6) is 0 Å². The Labute approximate surface area is 151 Å². The van der Waals surface area contributed by atoms with Gasteiger partial charge in [-0.15, -0.1) is 11.3 Å². The highest BCUT2D eigenvalue weighted by molar-refractivity contribution is 7.14. The van der Waals surface area contributed by atoms with Crippen LogP contribution in [0.4, 0.5) is 5.13 Å². The van der Waals surface area contributed by atoms with Gasteiger partial charge in [-0.1, -0.05) is 30.3 Å². The number of carbonyl (C=O) groups is 1. The third-order valence-electron chi connectivity index (χ3n) is 4.01. The zero-order valence-corrected chi connectivity index (χ0v) is 15.4. The molecule has 3 aromatic rings. The van der Waals surface area contributed by atoms with Gasteiger partial charge in [-0.25, -0.2) is 4.98 Å². The van der Waals surface area contributed by atoms with Crippen LogP contribution in [0.1, 0.15) is 11.3 Å². The number of nitrogens with zero attached hydrogens (tertiary/aromatic N) is 4. The van der Waals surface area contributed by atoms with Crippen molar-refractivity contribution < 1.29 is 4.79 Å². The molecule has 2 aromatic heterocycles. The molecule has 0 radical (unpaired) electrons. The van der Waals surface area contributed by atoms with E-state index in [-0.39, 0.29) is 5.91 Å². The summed E-state index contributed by atoms with van der Waals surface area (Å²) >= 11 is 1.43. The van der Waals surface area contributed by atoms with Crippen molar-refractivity contribution in [3.05, 3.63) is 53.2 Å². The number of nitrogens with one attached hydrogen (secondary N) is 1. The fourth-order valence-corrected chi connectivity index (χ4v) is 3.26. The summed E-state index contributed by atoms with van der Waals surface area (Å²) < 4.78 is 1.84. The van der Waals surface area contributed by atoms with Crippen molar-refractivity contribution in [2.75, 3.05) is 18.9 Å². The van der Waals surface area contributed by atoms with Gasteiger partial charge in [-0.2, -0.15) is 5.10 Å². The molecule has 0 aliphatic heterocycles. The molecule has 130 valence electrons. The van der Waals surface area contributed by atoms with Crippen molar-refractivity contribution in [2.24, 2.45) is 7.05 Å². The summed E-state index contributed by atoms with van der Waals surface area (Å²) in [6.45, 7) is 3.01. The standard InChI is InChI=1S/C18H21N5OS/c1-13-15(9-19-23(13)3)10-22(2)11-17(24)21-18-20-16(12-25-18)14-7-5-4-6-8-14/h4-9,12H,10-11H2,1-3H3,(H,20,21,24). The van der Waals surface area contributed by atoms with Crippen molar-refractivity contribution in [1.29, 1.82) is 0 Å². The van der Waals surface area contributed by atoms with Gasteiger partial charge in [0.25, 0.3) is 0 Å². The molecule has 0 fully saturated rings. The number of anilines is 1. The predicted octanol–water partition coefficient (Wildman–Crippen LogP) is 2.92. The summed E-state index contributed by atoms with van der Waals surface area (Å²) in [5.74, 6) is -0.0713. The van der Waals surface area contributed by atoms with Gasteiger partial charge < -0.3 is 5.32 Å². The van der Waals surface area contributed by atoms with Crippen LogP contribution in [-0.2, 0) is 18.4 Å². The zero-order chi connectivity index (χ0) is 17.8. The minimum atomic E-state index is -0.0713. The first-order valence-electron chi connectivity index (χ1n) is 7.99. The predicted molar refractivity (Wildman–Crippen MR) is 100 cm³/mol. The largest absolute Gasteiger partial charge is 0.301 e. The first kappa shape index (κ1) is 17.3. The molecule has 7 heteroatoms. The molecule has 0 atom stereocenters. The van der Waals surface area contributed by atoms with Gasteiger partial charge in [-0.3, -0.25) is 14.4 Å². The number of benzene rings is 1. The number of hydrogen-bond acceptors (Lipinski definition) is 5. The smallest absolute Gasteiger partial charge is 0.240 e. The van der Waals surface area contributed by atoms with Crippen LogP contribution in [0.3, 0.4) is 0 Å². The molecule has 1 amide bonds. The summed E-state index contributed by atoms with van der Waals surface area (Å²) in [5, 5.41) is 9.68. The Bertz CT molecular complexity index is 855. The molecule has 2 heterocycles. The number of hydrogen-bond donors (Lipinski definition) is 1. The maximum atomic E-state index is 12.2. The molecule has 6 nitrogen and oxygen atoms in total.